The number of ether oxygens (including phenoxy) is 2. The highest BCUT2D eigenvalue weighted by atomic mass is 19.1. The number of rotatable bonds is 7. The number of benzene rings is 2. The molecule has 0 spiro atoms. The third kappa shape index (κ3) is 5.73. The predicted molar refractivity (Wildman–Crippen MR) is 97.2 cm³/mol. The smallest absolute Gasteiger partial charge is 0.331 e. The van der Waals surface area contributed by atoms with Gasteiger partial charge < -0.3 is 14.8 Å². The summed E-state index contributed by atoms with van der Waals surface area (Å²) in [4.78, 5) is 23.9. The SMILES string of the molecule is CCOc1ccc(NC(=O)[C@@H](C)OC(=O)/C=C/c2ccccc2F)cc1. The maximum absolute atomic E-state index is 13.5. The van der Waals surface area contributed by atoms with Gasteiger partial charge in [0.15, 0.2) is 6.10 Å². The van der Waals surface area contributed by atoms with Crippen molar-refractivity contribution >= 4 is 23.6 Å². The van der Waals surface area contributed by atoms with Crippen molar-refractivity contribution in [3.05, 3.63) is 66.0 Å². The van der Waals surface area contributed by atoms with E-state index in [2.05, 4.69) is 5.32 Å². The Balaban J connectivity index is 1.87. The van der Waals surface area contributed by atoms with Crippen LogP contribution in [0.3, 0.4) is 0 Å². The quantitative estimate of drug-likeness (QED) is 0.605. The van der Waals surface area contributed by atoms with Crippen molar-refractivity contribution in [2.75, 3.05) is 11.9 Å². The lowest BCUT2D eigenvalue weighted by Crippen LogP contribution is -2.29. The van der Waals surface area contributed by atoms with Crippen LogP contribution in [0.25, 0.3) is 6.08 Å². The third-order valence-corrected chi connectivity index (χ3v) is 3.40. The first-order valence-electron chi connectivity index (χ1n) is 8.16. The zero-order valence-corrected chi connectivity index (χ0v) is 14.6. The summed E-state index contributed by atoms with van der Waals surface area (Å²) in [6.07, 6.45) is 1.38. The van der Waals surface area contributed by atoms with Gasteiger partial charge in [-0.3, -0.25) is 4.79 Å². The van der Waals surface area contributed by atoms with Gasteiger partial charge in [-0.15, -0.1) is 0 Å². The van der Waals surface area contributed by atoms with Crippen LogP contribution >= 0.6 is 0 Å². The first-order valence-corrected chi connectivity index (χ1v) is 8.16. The molecule has 1 N–H and O–H groups in total. The molecule has 1 amide bonds. The van der Waals surface area contributed by atoms with E-state index in [1.807, 2.05) is 6.92 Å². The van der Waals surface area contributed by atoms with Crippen molar-refractivity contribution in [3.8, 4) is 5.75 Å². The fourth-order valence-corrected chi connectivity index (χ4v) is 2.08. The van der Waals surface area contributed by atoms with Gasteiger partial charge >= 0.3 is 5.97 Å². The van der Waals surface area contributed by atoms with Crippen molar-refractivity contribution < 1.29 is 23.5 Å². The molecular weight excluding hydrogens is 337 g/mol. The number of esters is 1. The molecule has 0 aliphatic heterocycles. The molecule has 2 aromatic rings. The third-order valence-electron chi connectivity index (χ3n) is 3.40. The number of amides is 1. The van der Waals surface area contributed by atoms with E-state index >= 15 is 0 Å². The highest BCUT2D eigenvalue weighted by molar-refractivity contribution is 5.96. The first kappa shape index (κ1) is 19.2. The molecule has 0 radical (unpaired) electrons. The predicted octanol–water partition coefficient (Wildman–Crippen LogP) is 3.81. The Hall–Kier alpha value is -3.15. The molecule has 2 aromatic carbocycles. The molecule has 136 valence electrons. The van der Waals surface area contributed by atoms with Crippen LogP contribution in [0.2, 0.25) is 0 Å². The standard InChI is InChI=1S/C20H20FNO4/c1-3-25-17-11-9-16(10-12-17)22-20(24)14(2)26-19(23)13-8-15-6-4-5-7-18(15)21/h4-14H,3H2,1-2H3,(H,22,24)/b13-8+/t14-/m1/s1. The molecule has 0 aliphatic rings. The Morgan fingerprint density at radius 3 is 2.50 bits per heavy atom. The highest BCUT2D eigenvalue weighted by Gasteiger charge is 2.16. The van der Waals surface area contributed by atoms with Crippen molar-refractivity contribution in [1.82, 2.24) is 0 Å². The Kier molecular flexibility index (Phi) is 6.91. The number of carbonyl (C=O) groups excluding carboxylic acids is 2. The van der Waals surface area contributed by atoms with E-state index in [4.69, 9.17) is 9.47 Å². The van der Waals surface area contributed by atoms with Crippen LogP contribution < -0.4 is 10.1 Å². The lowest BCUT2D eigenvalue weighted by atomic mass is 10.2. The molecule has 26 heavy (non-hydrogen) atoms. The van der Waals surface area contributed by atoms with Crippen LogP contribution in [0.1, 0.15) is 19.4 Å². The summed E-state index contributed by atoms with van der Waals surface area (Å²) in [5.41, 5.74) is 0.819. The van der Waals surface area contributed by atoms with Crippen LogP contribution in [0.5, 0.6) is 5.75 Å². The van der Waals surface area contributed by atoms with Crippen LogP contribution in [0.15, 0.2) is 54.6 Å². The molecule has 0 unspecified atom stereocenters. The lowest BCUT2D eigenvalue weighted by molar-refractivity contribution is -0.148. The minimum absolute atomic E-state index is 0.260. The molecule has 0 saturated heterocycles. The highest BCUT2D eigenvalue weighted by Crippen LogP contribution is 2.16. The summed E-state index contributed by atoms with van der Waals surface area (Å²) in [5, 5.41) is 2.64. The summed E-state index contributed by atoms with van der Waals surface area (Å²) >= 11 is 0. The molecule has 0 fully saturated rings. The maximum Gasteiger partial charge on any atom is 0.331 e. The van der Waals surface area contributed by atoms with Gasteiger partial charge in [-0.05, 0) is 50.3 Å². The lowest BCUT2D eigenvalue weighted by Gasteiger charge is -2.12. The second-order valence-electron chi connectivity index (χ2n) is 5.38. The summed E-state index contributed by atoms with van der Waals surface area (Å²) in [6, 6.07) is 12.9. The van der Waals surface area contributed by atoms with Crippen LogP contribution in [0, 0.1) is 5.82 Å². The zero-order valence-electron chi connectivity index (χ0n) is 14.6. The minimum atomic E-state index is -1.00. The molecule has 0 heterocycles. The van der Waals surface area contributed by atoms with Crippen molar-refractivity contribution in [1.29, 1.82) is 0 Å². The molecule has 2 rings (SSSR count). The van der Waals surface area contributed by atoms with E-state index in [1.54, 1.807) is 36.4 Å². The van der Waals surface area contributed by atoms with E-state index in [9.17, 15) is 14.0 Å². The number of hydrogen-bond acceptors (Lipinski definition) is 4. The van der Waals surface area contributed by atoms with Gasteiger partial charge in [0.25, 0.3) is 5.91 Å². The number of anilines is 1. The van der Waals surface area contributed by atoms with Crippen molar-refractivity contribution in [2.45, 2.75) is 20.0 Å². The van der Waals surface area contributed by atoms with Crippen LogP contribution in [-0.2, 0) is 14.3 Å². The Labute approximate surface area is 151 Å². The molecule has 6 heteroatoms. The van der Waals surface area contributed by atoms with Crippen LogP contribution in [0.4, 0.5) is 10.1 Å². The van der Waals surface area contributed by atoms with E-state index < -0.39 is 23.8 Å². The minimum Gasteiger partial charge on any atom is -0.494 e. The van der Waals surface area contributed by atoms with E-state index in [-0.39, 0.29) is 5.56 Å². The van der Waals surface area contributed by atoms with Gasteiger partial charge in [-0.2, -0.15) is 0 Å². The van der Waals surface area contributed by atoms with Gasteiger partial charge in [0, 0.05) is 17.3 Å². The molecule has 0 saturated carbocycles. The Morgan fingerprint density at radius 1 is 1.15 bits per heavy atom. The largest absolute Gasteiger partial charge is 0.494 e. The maximum atomic E-state index is 13.5. The second kappa shape index (κ2) is 9.36. The normalized spacial score (nSPS) is 11.8. The van der Waals surface area contributed by atoms with Crippen molar-refractivity contribution in [3.63, 3.8) is 0 Å². The molecular formula is C20H20FNO4. The monoisotopic (exact) mass is 357 g/mol. The van der Waals surface area contributed by atoms with E-state index in [0.717, 1.165) is 6.08 Å². The van der Waals surface area contributed by atoms with Gasteiger partial charge in [-0.1, -0.05) is 18.2 Å². The van der Waals surface area contributed by atoms with Gasteiger partial charge in [0.1, 0.15) is 11.6 Å². The zero-order chi connectivity index (χ0) is 18.9. The number of hydrogen-bond donors (Lipinski definition) is 1. The van der Waals surface area contributed by atoms with E-state index in [1.165, 1.54) is 25.1 Å². The molecule has 5 nitrogen and oxygen atoms in total. The first-order chi connectivity index (χ1) is 12.5. The van der Waals surface area contributed by atoms with E-state index in [0.29, 0.717) is 18.0 Å². The average Bonchev–Trinajstić information content (AvgIpc) is 2.63. The molecule has 0 bridgehead atoms. The molecule has 0 aromatic heterocycles. The average molecular weight is 357 g/mol. The fourth-order valence-electron chi connectivity index (χ4n) is 2.08. The Morgan fingerprint density at radius 2 is 1.85 bits per heavy atom. The summed E-state index contributed by atoms with van der Waals surface area (Å²) < 4.78 is 23.8. The second-order valence-corrected chi connectivity index (χ2v) is 5.38. The fraction of sp³-hybridized carbons (Fsp3) is 0.200. The summed E-state index contributed by atoms with van der Waals surface area (Å²) in [6.45, 7) is 3.89. The topological polar surface area (TPSA) is 64.6 Å². The molecule has 0 aliphatic carbocycles. The molecule has 1 atom stereocenters. The number of carbonyl (C=O) groups is 2. The van der Waals surface area contributed by atoms with Gasteiger partial charge in [-0.25, -0.2) is 9.18 Å². The van der Waals surface area contributed by atoms with Crippen molar-refractivity contribution in [2.24, 2.45) is 0 Å². The summed E-state index contributed by atoms with van der Waals surface area (Å²) in [5.74, 6) is -0.953. The van der Waals surface area contributed by atoms with Gasteiger partial charge in [0.05, 0.1) is 6.61 Å². The van der Waals surface area contributed by atoms with Crippen LogP contribution in [-0.4, -0.2) is 24.6 Å². The number of halogens is 1. The Bertz CT molecular complexity index is 787. The van der Waals surface area contributed by atoms with Gasteiger partial charge in [0.2, 0.25) is 0 Å². The summed E-state index contributed by atoms with van der Waals surface area (Å²) in [7, 11) is 0. The number of nitrogens with one attached hydrogen (secondary N) is 1.